The molecule has 0 aliphatic heterocycles. The molecule has 0 bridgehead atoms. The van der Waals surface area contributed by atoms with Crippen molar-refractivity contribution in [1.82, 2.24) is 9.55 Å². The number of aliphatic hydroxyl groups excluding tert-OH is 1. The first-order valence-corrected chi connectivity index (χ1v) is 7.76. The van der Waals surface area contributed by atoms with Gasteiger partial charge in [-0.15, -0.1) is 0 Å². The van der Waals surface area contributed by atoms with Crippen molar-refractivity contribution in [3.8, 4) is 17.1 Å². The molecule has 0 atom stereocenters. The van der Waals surface area contributed by atoms with Crippen molar-refractivity contribution in [2.75, 3.05) is 6.61 Å². The van der Waals surface area contributed by atoms with E-state index in [1.807, 2.05) is 65.4 Å². The SMILES string of the molecule is OCCCn1ccnc1-c1ccccc1OCc1ccccc1. The summed E-state index contributed by atoms with van der Waals surface area (Å²) >= 11 is 0. The summed E-state index contributed by atoms with van der Waals surface area (Å²) in [6.45, 7) is 1.43. The Hall–Kier alpha value is -2.59. The number of nitrogens with zero attached hydrogens (tertiary/aromatic N) is 2. The summed E-state index contributed by atoms with van der Waals surface area (Å²) < 4.78 is 8.05. The van der Waals surface area contributed by atoms with Gasteiger partial charge in [0.2, 0.25) is 0 Å². The molecule has 3 rings (SSSR count). The van der Waals surface area contributed by atoms with E-state index in [2.05, 4.69) is 4.98 Å². The molecule has 1 heterocycles. The van der Waals surface area contributed by atoms with E-state index in [4.69, 9.17) is 9.84 Å². The average molecular weight is 308 g/mol. The summed E-state index contributed by atoms with van der Waals surface area (Å²) in [6.07, 6.45) is 4.41. The highest BCUT2D eigenvalue weighted by Crippen LogP contribution is 2.29. The molecule has 0 saturated heterocycles. The van der Waals surface area contributed by atoms with E-state index < -0.39 is 0 Å². The molecule has 0 spiro atoms. The van der Waals surface area contributed by atoms with Gasteiger partial charge in [0, 0.05) is 25.5 Å². The fraction of sp³-hybridized carbons (Fsp3) is 0.211. The third-order valence-electron chi connectivity index (χ3n) is 3.64. The Bertz CT molecular complexity index is 738. The van der Waals surface area contributed by atoms with E-state index in [-0.39, 0.29) is 6.61 Å². The van der Waals surface area contributed by atoms with Gasteiger partial charge in [-0.25, -0.2) is 4.98 Å². The lowest BCUT2D eigenvalue weighted by atomic mass is 10.2. The van der Waals surface area contributed by atoms with Crippen molar-refractivity contribution in [1.29, 1.82) is 0 Å². The number of para-hydroxylation sites is 1. The Kier molecular flexibility index (Phi) is 5.06. The van der Waals surface area contributed by atoms with Crippen molar-refractivity contribution >= 4 is 0 Å². The highest BCUT2D eigenvalue weighted by molar-refractivity contribution is 5.64. The van der Waals surface area contributed by atoms with Crippen LogP contribution >= 0.6 is 0 Å². The number of hydrogen-bond acceptors (Lipinski definition) is 3. The quantitative estimate of drug-likeness (QED) is 0.726. The van der Waals surface area contributed by atoms with Gasteiger partial charge >= 0.3 is 0 Å². The number of ether oxygens (including phenoxy) is 1. The minimum absolute atomic E-state index is 0.170. The molecular weight excluding hydrogens is 288 g/mol. The first kappa shape index (κ1) is 15.3. The van der Waals surface area contributed by atoms with Gasteiger partial charge in [0.05, 0.1) is 5.56 Å². The van der Waals surface area contributed by atoms with Crippen LogP contribution in [-0.4, -0.2) is 21.3 Å². The van der Waals surface area contributed by atoms with Crippen LogP contribution in [0.3, 0.4) is 0 Å². The van der Waals surface area contributed by atoms with Crippen LogP contribution in [-0.2, 0) is 13.2 Å². The second kappa shape index (κ2) is 7.61. The van der Waals surface area contributed by atoms with Gasteiger partial charge in [-0.1, -0.05) is 42.5 Å². The Morgan fingerprint density at radius 2 is 1.78 bits per heavy atom. The van der Waals surface area contributed by atoms with Crippen molar-refractivity contribution in [2.24, 2.45) is 0 Å². The van der Waals surface area contributed by atoms with Crippen molar-refractivity contribution in [2.45, 2.75) is 19.6 Å². The number of aromatic nitrogens is 2. The Morgan fingerprint density at radius 1 is 1.00 bits per heavy atom. The van der Waals surface area contributed by atoms with Crippen molar-refractivity contribution in [3.63, 3.8) is 0 Å². The maximum Gasteiger partial charge on any atom is 0.143 e. The molecule has 0 fully saturated rings. The Labute approximate surface area is 136 Å². The second-order valence-corrected chi connectivity index (χ2v) is 5.29. The molecule has 0 amide bonds. The van der Waals surface area contributed by atoms with Gasteiger partial charge in [-0.3, -0.25) is 0 Å². The van der Waals surface area contributed by atoms with Gasteiger partial charge in [-0.05, 0) is 24.1 Å². The maximum absolute atomic E-state index is 9.03. The first-order valence-electron chi connectivity index (χ1n) is 7.76. The van der Waals surface area contributed by atoms with E-state index in [0.717, 1.165) is 29.2 Å². The molecular formula is C19H20N2O2. The zero-order valence-corrected chi connectivity index (χ0v) is 12.9. The fourth-order valence-corrected chi connectivity index (χ4v) is 2.49. The van der Waals surface area contributed by atoms with Gasteiger partial charge in [0.25, 0.3) is 0 Å². The number of aryl methyl sites for hydroxylation is 1. The highest BCUT2D eigenvalue weighted by Gasteiger charge is 2.11. The summed E-state index contributed by atoms with van der Waals surface area (Å²) in [5, 5.41) is 9.03. The molecule has 23 heavy (non-hydrogen) atoms. The van der Waals surface area contributed by atoms with Crippen LogP contribution in [0.5, 0.6) is 5.75 Å². The highest BCUT2D eigenvalue weighted by atomic mass is 16.5. The number of imidazole rings is 1. The molecule has 1 N–H and O–H groups in total. The summed E-state index contributed by atoms with van der Waals surface area (Å²) in [7, 11) is 0. The van der Waals surface area contributed by atoms with Crippen LogP contribution in [0.15, 0.2) is 67.0 Å². The standard InChI is InChI=1S/C19H20N2O2/c22-14-6-12-21-13-11-20-19(21)17-9-4-5-10-18(17)23-15-16-7-2-1-3-8-16/h1-5,7-11,13,22H,6,12,14-15H2. The lowest BCUT2D eigenvalue weighted by Gasteiger charge is -2.13. The third kappa shape index (κ3) is 3.79. The number of hydrogen-bond donors (Lipinski definition) is 1. The molecule has 3 aromatic rings. The van der Waals surface area contributed by atoms with Crippen LogP contribution in [0.25, 0.3) is 11.4 Å². The van der Waals surface area contributed by atoms with E-state index in [9.17, 15) is 0 Å². The summed E-state index contributed by atoms with van der Waals surface area (Å²) in [5.74, 6) is 1.68. The Morgan fingerprint density at radius 3 is 2.61 bits per heavy atom. The Balaban J connectivity index is 1.82. The van der Waals surface area contributed by atoms with Gasteiger partial charge in [-0.2, -0.15) is 0 Å². The molecule has 0 unspecified atom stereocenters. The van der Waals surface area contributed by atoms with Crippen LogP contribution < -0.4 is 4.74 Å². The summed E-state index contributed by atoms with van der Waals surface area (Å²) in [4.78, 5) is 4.46. The van der Waals surface area contributed by atoms with Gasteiger partial charge < -0.3 is 14.4 Å². The van der Waals surface area contributed by atoms with E-state index in [1.54, 1.807) is 6.20 Å². The van der Waals surface area contributed by atoms with Crippen molar-refractivity contribution in [3.05, 3.63) is 72.6 Å². The summed E-state index contributed by atoms with van der Waals surface area (Å²) in [5.41, 5.74) is 2.09. The zero-order valence-electron chi connectivity index (χ0n) is 12.9. The van der Waals surface area contributed by atoms with E-state index in [1.165, 1.54) is 0 Å². The molecule has 0 aliphatic rings. The topological polar surface area (TPSA) is 47.3 Å². The van der Waals surface area contributed by atoms with Gasteiger partial charge in [0.1, 0.15) is 18.2 Å². The van der Waals surface area contributed by atoms with Crippen LogP contribution in [0.4, 0.5) is 0 Å². The average Bonchev–Trinajstić information content (AvgIpc) is 3.07. The minimum Gasteiger partial charge on any atom is -0.488 e. The first-order chi connectivity index (χ1) is 11.4. The predicted molar refractivity (Wildman–Crippen MR) is 90.1 cm³/mol. The van der Waals surface area contributed by atoms with E-state index in [0.29, 0.717) is 13.0 Å². The molecule has 1 aromatic heterocycles. The monoisotopic (exact) mass is 308 g/mol. The molecule has 2 aromatic carbocycles. The fourth-order valence-electron chi connectivity index (χ4n) is 2.49. The third-order valence-corrected chi connectivity index (χ3v) is 3.64. The zero-order chi connectivity index (χ0) is 15.9. The molecule has 0 radical (unpaired) electrons. The number of benzene rings is 2. The van der Waals surface area contributed by atoms with E-state index >= 15 is 0 Å². The molecule has 118 valence electrons. The smallest absolute Gasteiger partial charge is 0.143 e. The number of rotatable bonds is 7. The minimum atomic E-state index is 0.170. The normalized spacial score (nSPS) is 10.7. The van der Waals surface area contributed by atoms with Crippen LogP contribution in [0, 0.1) is 0 Å². The molecule has 4 heteroatoms. The van der Waals surface area contributed by atoms with Gasteiger partial charge in [0.15, 0.2) is 0 Å². The summed E-state index contributed by atoms with van der Waals surface area (Å²) in [6, 6.07) is 18.0. The number of aliphatic hydroxyl groups is 1. The molecule has 0 saturated carbocycles. The lowest BCUT2D eigenvalue weighted by Crippen LogP contribution is -2.03. The van der Waals surface area contributed by atoms with Crippen LogP contribution in [0.2, 0.25) is 0 Å². The van der Waals surface area contributed by atoms with Crippen LogP contribution in [0.1, 0.15) is 12.0 Å². The largest absolute Gasteiger partial charge is 0.488 e. The van der Waals surface area contributed by atoms with Crippen molar-refractivity contribution < 1.29 is 9.84 Å². The molecule has 0 aliphatic carbocycles. The molecule has 4 nitrogen and oxygen atoms in total. The maximum atomic E-state index is 9.03. The lowest BCUT2D eigenvalue weighted by molar-refractivity contribution is 0.280. The second-order valence-electron chi connectivity index (χ2n) is 5.29. The predicted octanol–water partition coefficient (Wildman–Crippen LogP) is 3.51.